The molecule has 0 heterocycles. The average Bonchev–Trinajstić information content (AvgIpc) is 2.66. The monoisotopic (exact) mass is 426 g/mol. The van der Waals surface area contributed by atoms with Crippen molar-refractivity contribution >= 4 is 5.78 Å². The van der Waals surface area contributed by atoms with Crippen LogP contribution in [0, 0.1) is 5.41 Å². The Morgan fingerprint density at radius 3 is 2.03 bits per heavy atom. The van der Waals surface area contributed by atoms with E-state index in [9.17, 15) is 4.79 Å². The lowest BCUT2D eigenvalue weighted by Crippen LogP contribution is -2.32. The molecule has 0 aliphatic carbocycles. The molecule has 0 aromatic heterocycles. The quantitative estimate of drug-likeness (QED) is 0.202. The van der Waals surface area contributed by atoms with Gasteiger partial charge in [0.2, 0.25) is 0 Å². The molecule has 0 aromatic rings. The Balaban J connectivity index is 3.46. The Kier molecular flexibility index (Phi) is 18.9. The maximum absolute atomic E-state index is 12.2. The molecule has 0 aliphatic heterocycles. The van der Waals surface area contributed by atoms with Crippen molar-refractivity contribution in [3.05, 3.63) is 0 Å². The number of hydrogen-bond acceptors (Lipinski definition) is 5. The zero-order valence-corrected chi connectivity index (χ0v) is 20.7. The zero-order valence-electron chi connectivity index (χ0n) is 20.7. The Morgan fingerprint density at radius 1 is 0.833 bits per heavy atom. The topological polar surface area (TPSA) is 93.2 Å². The molecule has 0 aliphatic rings. The van der Waals surface area contributed by atoms with Gasteiger partial charge in [0, 0.05) is 12.5 Å². The molecule has 0 spiro atoms. The van der Waals surface area contributed by atoms with E-state index in [2.05, 4.69) is 38.3 Å². The molecule has 0 saturated heterocycles. The third-order valence-corrected chi connectivity index (χ3v) is 5.60. The summed E-state index contributed by atoms with van der Waals surface area (Å²) in [6.45, 7) is 13.0. The molecule has 0 rings (SSSR count). The van der Waals surface area contributed by atoms with Gasteiger partial charge in [-0.15, -0.1) is 0 Å². The minimum atomic E-state index is -0.260. The molecule has 0 amide bonds. The molecule has 6 N–H and O–H groups in total. The second-order valence-electron chi connectivity index (χ2n) is 10.3. The van der Waals surface area contributed by atoms with Crippen molar-refractivity contribution in [1.29, 1.82) is 0 Å². The van der Waals surface area contributed by atoms with Crippen LogP contribution in [-0.2, 0) is 4.79 Å². The van der Waals surface area contributed by atoms with Gasteiger partial charge in [0.05, 0.1) is 6.04 Å². The summed E-state index contributed by atoms with van der Waals surface area (Å²) in [7, 11) is 0. The predicted octanol–water partition coefficient (Wildman–Crippen LogP) is 4.53. The second-order valence-corrected chi connectivity index (χ2v) is 10.3. The smallest absolute Gasteiger partial charge is 0.149 e. The SMILES string of the molecule is CC(CC(C)(C)C)NCCCC[C@H](N)C(=O)CCCCCCCCCNCCCN. The van der Waals surface area contributed by atoms with Gasteiger partial charge in [-0.25, -0.2) is 0 Å². The third-order valence-electron chi connectivity index (χ3n) is 5.60. The van der Waals surface area contributed by atoms with Gasteiger partial charge in [-0.3, -0.25) is 4.79 Å². The van der Waals surface area contributed by atoms with E-state index in [1.54, 1.807) is 0 Å². The van der Waals surface area contributed by atoms with Crippen LogP contribution in [0.4, 0.5) is 0 Å². The Bertz CT molecular complexity index is 395. The molecule has 5 nitrogen and oxygen atoms in total. The maximum Gasteiger partial charge on any atom is 0.149 e. The first-order valence-electron chi connectivity index (χ1n) is 12.7. The molecule has 5 heteroatoms. The minimum absolute atomic E-state index is 0.257. The lowest BCUT2D eigenvalue weighted by atomic mass is 9.89. The number of rotatable bonds is 21. The Labute approximate surface area is 187 Å². The number of carbonyl (C=O) groups excluding carboxylic acids is 1. The Morgan fingerprint density at radius 2 is 1.40 bits per heavy atom. The van der Waals surface area contributed by atoms with Crippen LogP contribution in [0.1, 0.15) is 111 Å². The van der Waals surface area contributed by atoms with E-state index in [0.717, 1.165) is 64.7 Å². The highest BCUT2D eigenvalue weighted by Gasteiger charge is 2.15. The fraction of sp³-hybridized carbons (Fsp3) is 0.960. The van der Waals surface area contributed by atoms with Gasteiger partial charge >= 0.3 is 0 Å². The van der Waals surface area contributed by atoms with Crippen LogP contribution in [0.3, 0.4) is 0 Å². The average molecular weight is 427 g/mol. The van der Waals surface area contributed by atoms with Crippen LogP contribution in [0.15, 0.2) is 0 Å². The number of nitrogens with one attached hydrogen (secondary N) is 2. The van der Waals surface area contributed by atoms with Crippen molar-refractivity contribution in [3.8, 4) is 0 Å². The number of ketones is 1. The molecule has 0 radical (unpaired) electrons. The summed E-state index contributed by atoms with van der Waals surface area (Å²) >= 11 is 0. The fourth-order valence-electron chi connectivity index (χ4n) is 3.96. The van der Waals surface area contributed by atoms with Gasteiger partial charge in [0.1, 0.15) is 5.78 Å². The zero-order chi connectivity index (χ0) is 22.7. The fourth-order valence-corrected chi connectivity index (χ4v) is 3.96. The molecule has 180 valence electrons. The van der Waals surface area contributed by atoms with Gasteiger partial charge in [0.15, 0.2) is 0 Å². The third kappa shape index (κ3) is 20.8. The number of carbonyl (C=O) groups is 1. The van der Waals surface area contributed by atoms with Gasteiger partial charge in [-0.1, -0.05) is 59.3 Å². The maximum atomic E-state index is 12.2. The summed E-state index contributed by atoms with van der Waals surface area (Å²) in [6, 6.07) is 0.280. The van der Waals surface area contributed by atoms with E-state index in [1.807, 2.05) is 0 Å². The molecule has 1 unspecified atom stereocenters. The number of nitrogens with two attached hydrogens (primary N) is 2. The van der Waals surface area contributed by atoms with E-state index in [4.69, 9.17) is 11.5 Å². The van der Waals surface area contributed by atoms with Gasteiger partial charge in [-0.2, -0.15) is 0 Å². The molecule has 0 fully saturated rings. The molecular formula is C25H54N4O. The van der Waals surface area contributed by atoms with Crippen molar-refractivity contribution in [2.24, 2.45) is 16.9 Å². The molecule has 30 heavy (non-hydrogen) atoms. The lowest BCUT2D eigenvalue weighted by molar-refractivity contribution is -0.120. The number of Topliss-reactive ketones (excluding diaryl/α,β-unsaturated/α-hetero) is 1. The molecule has 0 saturated carbocycles. The van der Waals surface area contributed by atoms with E-state index in [0.29, 0.717) is 17.9 Å². The van der Waals surface area contributed by atoms with E-state index in [-0.39, 0.29) is 11.8 Å². The van der Waals surface area contributed by atoms with E-state index in [1.165, 1.54) is 38.5 Å². The number of hydrogen-bond donors (Lipinski definition) is 4. The largest absolute Gasteiger partial charge is 0.330 e. The minimum Gasteiger partial charge on any atom is -0.330 e. The number of unbranched alkanes of at least 4 members (excludes halogenated alkanes) is 7. The van der Waals surface area contributed by atoms with Crippen LogP contribution in [0.25, 0.3) is 0 Å². The summed E-state index contributed by atoms with van der Waals surface area (Å²) in [5.41, 5.74) is 11.9. The van der Waals surface area contributed by atoms with Crippen LogP contribution >= 0.6 is 0 Å². The predicted molar refractivity (Wildman–Crippen MR) is 132 cm³/mol. The summed E-state index contributed by atoms with van der Waals surface area (Å²) < 4.78 is 0. The summed E-state index contributed by atoms with van der Waals surface area (Å²) in [5.74, 6) is 0.257. The van der Waals surface area contributed by atoms with E-state index >= 15 is 0 Å². The van der Waals surface area contributed by atoms with Gasteiger partial charge < -0.3 is 22.1 Å². The van der Waals surface area contributed by atoms with Crippen molar-refractivity contribution < 1.29 is 4.79 Å². The second kappa shape index (κ2) is 19.2. The van der Waals surface area contributed by atoms with Crippen molar-refractivity contribution in [2.45, 2.75) is 123 Å². The lowest BCUT2D eigenvalue weighted by Gasteiger charge is -2.24. The first-order chi connectivity index (χ1) is 14.3. The highest BCUT2D eigenvalue weighted by molar-refractivity contribution is 5.83. The van der Waals surface area contributed by atoms with Crippen LogP contribution in [0.2, 0.25) is 0 Å². The summed E-state index contributed by atoms with van der Waals surface area (Å²) in [4.78, 5) is 12.2. The normalized spacial score (nSPS) is 14.1. The van der Waals surface area contributed by atoms with Gasteiger partial charge in [0.25, 0.3) is 0 Å². The molecule has 0 aromatic carbocycles. The standard InChI is InChI=1S/C25H54N4O/c1-22(21-25(2,3)4)29-20-13-11-15-23(27)24(30)16-10-8-6-5-7-9-12-18-28-19-14-17-26/h22-23,28-29H,5-21,26-27H2,1-4H3/t22?,23-/m0/s1. The summed E-state index contributed by atoms with van der Waals surface area (Å²) in [6.07, 6.45) is 14.4. The first-order valence-corrected chi connectivity index (χ1v) is 12.7. The van der Waals surface area contributed by atoms with E-state index < -0.39 is 0 Å². The first kappa shape index (κ1) is 29.5. The van der Waals surface area contributed by atoms with Crippen molar-refractivity contribution in [1.82, 2.24) is 10.6 Å². The highest BCUT2D eigenvalue weighted by Crippen LogP contribution is 2.20. The van der Waals surface area contributed by atoms with Crippen LogP contribution < -0.4 is 22.1 Å². The van der Waals surface area contributed by atoms with Gasteiger partial charge in [-0.05, 0) is 77.0 Å². The molecule has 2 atom stereocenters. The van der Waals surface area contributed by atoms with Crippen molar-refractivity contribution in [2.75, 3.05) is 26.2 Å². The van der Waals surface area contributed by atoms with Crippen LogP contribution in [-0.4, -0.2) is 44.0 Å². The Hall–Kier alpha value is -0.490. The van der Waals surface area contributed by atoms with Crippen LogP contribution in [0.5, 0.6) is 0 Å². The molecular weight excluding hydrogens is 372 g/mol. The van der Waals surface area contributed by atoms with Crippen molar-refractivity contribution in [3.63, 3.8) is 0 Å². The summed E-state index contributed by atoms with van der Waals surface area (Å²) in [5, 5.41) is 7.01. The molecule has 0 bridgehead atoms. The highest BCUT2D eigenvalue weighted by atomic mass is 16.1.